The fourth-order valence-electron chi connectivity index (χ4n) is 5.91. The Balaban J connectivity index is 1.38. The summed E-state index contributed by atoms with van der Waals surface area (Å²) < 4.78 is 0. The molecule has 2 nitrogen and oxygen atoms in total. The highest BCUT2D eigenvalue weighted by Gasteiger charge is 2.10. The van der Waals surface area contributed by atoms with Crippen LogP contribution in [0.25, 0.3) is 75.4 Å². The van der Waals surface area contributed by atoms with Gasteiger partial charge in [0.15, 0.2) is 0 Å². The molecule has 1 N–H and O–H groups in total. The lowest BCUT2D eigenvalue weighted by molar-refractivity contribution is 0.0699. The van der Waals surface area contributed by atoms with Crippen LogP contribution in [0.3, 0.4) is 0 Å². The number of hydrogen-bond donors (Lipinski definition) is 1. The van der Waals surface area contributed by atoms with Crippen LogP contribution in [0.5, 0.6) is 0 Å². The van der Waals surface area contributed by atoms with Crippen molar-refractivity contribution in [2.45, 2.75) is 0 Å². The maximum absolute atomic E-state index is 11.8. The lowest BCUT2D eigenvalue weighted by Crippen LogP contribution is -1.97. The van der Waals surface area contributed by atoms with Crippen molar-refractivity contribution in [2.24, 2.45) is 0 Å². The van der Waals surface area contributed by atoms with Gasteiger partial charge in [0, 0.05) is 0 Å². The highest BCUT2D eigenvalue weighted by Crippen LogP contribution is 2.34. The number of hydrogen-bond acceptors (Lipinski definition) is 1. The average molecular weight is 473 g/mol. The lowest BCUT2D eigenvalue weighted by Gasteiger charge is -2.10. The van der Waals surface area contributed by atoms with E-state index in [0.29, 0.717) is 5.56 Å². The topological polar surface area (TPSA) is 37.3 Å². The van der Waals surface area contributed by atoms with E-state index < -0.39 is 5.97 Å². The molecule has 0 fully saturated rings. The highest BCUT2D eigenvalue weighted by molar-refractivity contribution is 6.14. The Morgan fingerprint density at radius 2 is 0.703 bits per heavy atom. The van der Waals surface area contributed by atoms with E-state index in [4.69, 9.17) is 0 Å². The molecular weight excluding hydrogens is 452 g/mol. The molecular formula is C35H20O2. The molecule has 0 amide bonds. The molecule has 0 saturated heterocycles. The van der Waals surface area contributed by atoms with Crippen molar-refractivity contribution in [3.05, 3.63) is 121 Å². The van der Waals surface area contributed by atoms with Crippen LogP contribution in [0.1, 0.15) is 10.4 Å². The molecule has 0 saturated carbocycles. The maximum Gasteiger partial charge on any atom is 0.336 e. The van der Waals surface area contributed by atoms with Gasteiger partial charge in [-0.15, -0.1) is 0 Å². The van der Waals surface area contributed by atoms with Gasteiger partial charge in [-0.05, 0) is 154 Å². The first-order valence-electron chi connectivity index (χ1n) is 12.4. The minimum atomic E-state index is -0.899. The lowest BCUT2D eigenvalue weighted by atomic mass is 9.94. The maximum atomic E-state index is 11.8. The molecule has 0 aliphatic heterocycles. The summed E-state index contributed by atoms with van der Waals surface area (Å²) in [5.41, 5.74) is 0.337. The third-order valence-corrected chi connectivity index (χ3v) is 7.75. The fraction of sp³-hybridized carbons (Fsp3) is 0. The number of benzene rings is 8. The molecule has 8 aromatic rings. The monoisotopic (exact) mass is 472 g/mol. The molecule has 0 radical (unpaired) electrons. The van der Waals surface area contributed by atoms with Gasteiger partial charge in [0.25, 0.3) is 0 Å². The first-order valence-corrected chi connectivity index (χ1v) is 12.4. The van der Waals surface area contributed by atoms with Crippen molar-refractivity contribution in [3.8, 4) is 0 Å². The molecule has 0 spiro atoms. The zero-order valence-corrected chi connectivity index (χ0v) is 19.8. The van der Waals surface area contributed by atoms with Crippen LogP contribution in [-0.2, 0) is 0 Å². The van der Waals surface area contributed by atoms with E-state index in [1.165, 1.54) is 48.5 Å². The number of rotatable bonds is 1. The third kappa shape index (κ3) is 3.09. The Kier molecular flexibility index (Phi) is 3.99. The Morgan fingerprint density at radius 3 is 1.11 bits per heavy atom. The van der Waals surface area contributed by atoms with Crippen LogP contribution in [0, 0.1) is 0 Å². The quantitative estimate of drug-likeness (QED) is 0.242. The Labute approximate surface area is 212 Å². The molecule has 172 valence electrons. The number of carbonyl (C=O) groups is 1. The Bertz CT molecular complexity index is 2280. The van der Waals surface area contributed by atoms with Crippen LogP contribution in [0.15, 0.2) is 115 Å². The normalized spacial score (nSPS) is 12.0. The second kappa shape index (κ2) is 7.28. The summed E-state index contributed by atoms with van der Waals surface area (Å²) in [4.78, 5) is 11.8. The van der Waals surface area contributed by atoms with Gasteiger partial charge in [-0.25, -0.2) is 4.79 Å². The van der Waals surface area contributed by atoms with Crippen LogP contribution in [0.4, 0.5) is 0 Å². The first-order chi connectivity index (χ1) is 18.1. The summed E-state index contributed by atoms with van der Waals surface area (Å²) in [6.07, 6.45) is 0. The van der Waals surface area contributed by atoms with E-state index in [0.717, 1.165) is 26.9 Å². The van der Waals surface area contributed by atoms with Gasteiger partial charge in [0.2, 0.25) is 0 Å². The first kappa shape index (κ1) is 20.3. The van der Waals surface area contributed by atoms with Gasteiger partial charge in [-0.2, -0.15) is 0 Å². The summed E-state index contributed by atoms with van der Waals surface area (Å²) >= 11 is 0. The van der Waals surface area contributed by atoms with Crippen molar-refractivity contribution >= 4 is 81.4 Å². The molecule has 0 unspecified atom stereocenters. The largest absolute Gasteiger partial charge is 0.478 e. The second-order valence-electron chi connectivity index (χ2n) is 10.0. The molecule has 0 aromatic heterocycles. The number of fused-ring (bicyclic) bond motifs is 7. The summed E-state index contributed by atoms with van der Waals surface area (Å²) in [5.74, 6) is -0.899. The van der Waals surface area contributed by atoms with Crippen LogP contribution < -0.4 is 0 Å². The van der Waals surface area contributed by atoms with E-state index in [-0.39, 0.29) is 0 Å². The van der Waals surface area contributed by atoms with Gasteiger partial charge in [0.05, 0.1) is 5.56 Å². The molecule has 8 rings (SSSR count). The minimum Gasteiger partial charge on any atom is -0.478 e. The Morgan fingerprint density at radius 1 is 0.378 bits per heavy atom. The van der Waals surface area contributed by atoms with Gasteiger partial charge < -0.3 is 5.11 Å². The van der Waals surface area contributed by atoms with Gasteiger partial charge in [-0.3, -0.25) is 0 Å². The summed E-state index contributed by atoms with van der Waals surface area (Å²) in [7, 11) is 0. The summed E-state index contributed by atoms with van der Waals surface area (Å²) in [5, 5.41) is 25.8. The van der Waals surface area contributed by atoms with Gasteiger partial charge in [-0.1, -0.05) is 36.4 Å². The highest BCUT2D eigenvalue weighted by atomic mass is 16.4. The van der Waals surface area contributed by atoms with Gasteiger partial charge in [0.1, 0.15) is 0 Å². The van der Waals surface area contributed by atoms with Crippen molar-refractivity contribution in [1.82, 2.24) is 0 Å². The van der Waals surface area contributed by atoms with E-state index in [1.807, 2.05) is 18.2 Å². The molecule has 0 bridgehead atoms. The van der Waals surface area contributed by atoms with E-state index >= 15 is 0 Å². The summed E-state index contributed by atoms with van der Waals surface area (Å²) in [6.45, 7) is 0. The Hall–Kier alpha value is -4.95. The summed E-state index contributed by atoms with van der Waals surface area (Å²) in [6, 6.07) is 40.7. The minimum absolute atomic E-state index is 0.337. The number of carboxylic acids is 1. The van der Waals surface area contributed by atoms with E-state index in [9.17, 15) is 9.90 Å². The predicted octanol–water partition coefficient (Wildman–Crippen LogP) is 9.46. The van der Waals surface area contributed by atoms with Crippen molar-refractivity contribution in [1.29, 1.82) is 0 Å². The second-order valence-corrected chi connectivity index (χ2v) is 10.0. The van der Waals surface area contributed by atoms with Crippen molar-refractivity contribution in [2.75, 3.05) is 0 Å². The molecule has 2 heteroatoms. The molecule has 0 heterocycles. The predicted molar refractivity (Wildman–Crippen MR) is 156 cm³/mol. The number of carboxylic acid groups (broad SMARTS) is 1. The van der Waals surface area contributed by atoms with Crippen molar-refractivity contribution in [3.63, 3.8) is 0 Å². The SMILES string of the molecule is O=C(O)c1cccc2cc3cc4cc5cc6cc7cc8ccccc8cc7cc6cc5cc4cc3cc12. The van der Waals surface area contributed by atoms with Gasteiger partial charge >= 0.3 is 5.97 Å². The standard InChI is InChI=1S/C35H20O2/c36-35(37)33-7-3-6-22-10-25-13-28-16-29-14-26-11-23-8-20-4-1-2-5-21(20)9-24(23)12-27(26)15-30(29)17-31(28)18-32(25)19-34(22)33/h1-19H,(H,36,37). The molecule has 0 aliphatic rings. The van der Waals surface area contributed by atoms with Crippen molar-refractivity contribution < 1.29 is 9.90 Å². The van der Waals surface area contributed by atoms with E-state index in [2.05, 4.69) is 91.0 Å². The van der Waals surface area contributed by atoms with E-state index in [1.54, 1.807) is 6.07 Å². The molecule has 0 atom stereocenters. The molecule has 0 aliphatic carbocycles. The molecule has 8 aromatic carbocycles. The number of aromatic carboxylic acids is 1. The third-order valence-electron chi connectivity index (χ3n) is 7.75. The smallest absolute Gasteiger partial charge is 0.336 e. The van der Waals surface area contributed by atoms with Crippen LogP contribution in [0.2, 0.25) is 0 Å². The van der Waals surface area contributed by atoms with Crippen LogP contribution in [-0.4, -0.2) is 11.1 Å². The zero-order valence-electron chi connectivity index (χ0n) is 19.8. The average Bonchev–Trinajstić information content (AvgIpc) is 2.90. The molecule has 37 heavy (non-hydrogen) atoms. The fourth-order valence-corrected chi connectivity index (χ4v) is 5.91. The zero-order chi connectivity index (χ0) is 24.7. The van der Waals surface area contributed by atoms with Crippen LogP contribution >= 0.6 is 0 Å².